The van der Waals surface area contributed by atoms with E-state index in [-0.39, 0.29) is 24.0 Å². The SMILES string of the molecule is CCNC(=NCCn1ccnc1C)N1CCSC(CC)C1.I. The molecular formula is C15H28IN5S. The van der Waals surface area contributed by atoms with E-state index in [9.17, 15) is 0 Å². The van der Waals surface area contributed by atoms with Crippen LogP contribution in [-0.2, 0) is 6.54 Å². The molecule has 1 unspecified atom stereocenters. The molecule has 0 aromatic carbocycles. The average molecular weight is 437 g/mol. The van der Waals surface area contributed by atoms with Crippen LogP contribution in [-0.4, -0.2) is 57.6 Å². The summed E-state index contributed by atoms with van der Waals surface area (Å²) in [6, 6.07) is 0. The number of hydrogen-bond donors (Lipinski definition) is 1. The minimum atomic E-state index is 0. The lowest BCUT2D eigenvalue weighted by atomic mass is 10.3. The Morgan fingerprint density at radius 1 is 1.50 bits per heavy atom. The molecule has 0 bridgehead atoms. The second-order valence-corrected chi connectivity index (χ2v) is 6.66. The summed E-state index contributed by atoms with van der Waals surface area (Å²) >= 11 is 2.09. The molecule has 1 aliphatic heterocycles. The Morgan fingerprint density at radius 2 is 2.32 bits per heavy atom. The Morgan fingerprint density at radius 3 is 2.95 bits per heavy atom. The molecule has 126 valence electrons. The van der Waals surface area contributed by atoms with Crippen LogP contribution < -0.4 is 5.32 Å². The second kappa shape index (κ2) is 10.4. The maximum absolute atomic E-state index is 4.80. The number of guanidine groups is 1. The Labute approximate surface area is 155 Å². The van der Waals surface area contributed by atoms with Gasteiger partial charge in [-0.25, -0.2) is 4.98 Å². The van der Waals surface area contributed by atoms with Crippen molar-refractivity contribution in [1.82, 2.24) is 19.8 Å². The van der Waals surface area contributed by atoms with Gasteiger partial charge in [-0.2, -0.15) is 11.8 Å². The highest BCUT2D eigenvalue weighted by molar-refractivity contribution is 14.0. The van der Waals surface area contributed by atoms with Crippen LogP contribution in [0.3, 0.4) is 0 Å². The van der Waals surface area contributed by atoms with Gasteiger partial charge in [0.25, 0.3) is 0 Å². The molecule has 1 atom stereocenters. The van der Waals surface area contributed by atoms with Gasteiger partial charge in [0.1, 0.15) is 5.82 Å². The van der Waals surface area contributed by atoms with Crippen LogP contribution in [0.25, 0.3) is 0 Å². The van der Waals surface area contributed by atoms with Crippen molar-refractivity contribution in [2.45, 2.75) is 39.0 Å². The highest BCUT2D eigenvalue weighted by atomic mass is 127. The van der Waals surface area contributed by atoms with Crippen molar-refractivity contribution < 1.29 is 0 Å². The summed E-state index contributed by atoms with van der Waals surface area (Å²) in [5.74, 6) is 3.31. The predicted octanol–water partition coefficient (Wildman–Crippen LogP) is 2.60. The van der Waals surface area contributed by atoms with Gasteiger partial charge in [0, 0.05) is 49.6 Å². The third-order valence-electron chi connectivity index (χ3n) is 3.75. The molecule has 1 aromatic heterocycles. The molecule has 5 nitrogen and oxygen atoms in total. The zero-order valence-corrected chi connectivity index (χ0v) is 16.9. The van der Waals surface area contributed by atoms with E-state index in [1.54, 1.807) is 0 Å². The highest BCUT2D eigenvalue weighted by Gasteiger charge is 2.21. The number of halogens is 1. The van der Waals surface area contributed by atoms with E-state index in [4.69, 9.17) is 4.99 Å². The lowest BCUT2D eigenvalue weighted by Gasteiger charge is -2.34. The van der Waals surface area contributed by atoms with Gasteiger partial charge in [-0.1, -0.05) is 6.92 Å². The highest BCUT2D eigenvalue weighted by Crippen LogP contribution is 2.21. The molecule has 22 heavy (non-hydrogen) atoms. The van der Waals surface area contributed by atoms with Gasteiger partial charge < -0.3 is 14.8 Å². The normalized spacial score (nSPS) is 19.0. The minimum Gasteiger partial charge on any atom is -0.357 e. The van der Waals surface area contributed by atoms with Crippen LogP contribution in [0.5, 0.6) is 0 Å². The van der Waals surface area contributed by atoms with E-state index in [1.165, 1.54) is 12.2 Å². The first-order valence-corrected chi connectivity index (χ1v) is 8.92. The fourth-order valence-corrected chi connectivity index (χ4v) is 3.67. The number of rotatable bonds is 5. The summed E-state index contributed by atoms with van der Waals surface area (Å²) in [6.07, 6.45) is 5.09. The molecule has 1 N–H and O–H groups in total. The molecule has 0 aliphatic carbocycles. The van der Waals surface area contributed by atoms with Crippen LogP contribution in [0, 0.1) is 6.92 Å². The second-order valence-electron chi connectivity index (χ2n) is 5.25. The molecule has 0 saturated carbocycles. The van der Waals surface area contributed by atoms with Crippen LogP contribution in [0.2, 0.25) is 0 Å². The average Bonchev–Trinajstić information content (AvgIpc) is 2.92. The third kappa shape index (κ3) is 5.64. The van der Waals surface area contributed by atoms with Crippen LogP contribution in [0.4, 0.5) is 0 Å². The van der Waals surface area contributed by atoms with Crippen molar-refractivity contribution in [2.75, 3.05) is 31.9 Å². The predicted molar refractivity (Wildman–Crippen MR) is 106 cm³/mol. The van der Waals surface area contributed by atoms with E-state index >= 15 is 0 Å². The zero-order chi connectivity index (χ0) is 15.1. The number of aryl methyl sites for hydroxylation is 1. The van der Waals surface area contributed by atoms with Gasteiger partial charge in [-0.05, 0) is 20.3 Å². The van der Waals surface area contributed by atoms with E-state index in [0.717, 1.165) is 49.8 Å². The lowest BCUT2D eigenvalue weighted by Crippen LogP contribution is -2.48. The molecule has 0 amide bonds. The minimum absolute atomic E-state index is 0. The van der Waals surface area contributed by atoms with Gasteiger partial charge in [0.15, 0.2) is 5.96 Å². The van der Waals surface area contributed by atoms with Crippen molar-refractivity contribution >= 4 is 41.7 Å². The molecule has 7 heteroatoms. The summed E-state index contributed by atoms with van der Waals surface area (Å²) in [6.45, 7) is 11.2. The van der Waals surface area contributed by atoms with Gasteiger partial charge in [0.05, 0.1) is 6.54 Å². The number of hydrogen-bond acceptors (Lipinski definition) is 3. The van der Waals surface area contributed by atoms with Crippen molar-refractivity contribution in [2.24, 2.45) is 4.99 Å². The quantitative estimate of drug-likeness (QED) is 0.437. The van der Waals surface area contributed by atoms with Gasteiger partial charge in [-0.15, -0.1) is 24.0 Å². The summed E-state index contributed by atoms with van der Waals surface area (Å²) in [5, 5.41) is 4.17. The van der Waals surface area contributed by atoms with E-state index in [2.05, 4.69) is 45.4 Å². The first-order valence-electron chi connectivity index (χ1n) is 7.87. The molecule has 1 fully saturated rings. The molecule has 2 heterocycles. The smallest absolute Gasteiger partial charge is 0.194 e. The molecule has 2 rings (SSSR count). The van der Waals surface area contributed by atoms with Crippen molar-refractivity contribution in [3.8, 4) is 0 Å². The zero-order valence-electron chi connectivity index (χ0n) is 13.8. The molecular weight excluding hydrogens is 409 g/mol. The van der Waals surface area contributed by atoms with Gasteiger partial charge >= 0.3 is 0 Å². The summed E-state index contributed by atoms with van der Waals surface area (Å²) < 4.78 is 2.15. The number of aromatic nitrogens is 2. The standard InChI is InChI=1S/C15H27N5S.HI/c1-4-14-12-20(10-11-21-14)15(16-5-2)18-7-9-19-8-6-17-13(19)3;/h6,8,14H,4-5,7,9-12H2,1-3H3,(H,16,18);1H. The lowest BCUT2D eigenvalue weighted by molar-refractivity contribution is 0.407. The summed E-state index contributed by atoms with van der Waals surface area (Å²) in [7, 11) is 0. The van der Waals surface area contributed by atoms with Crippen molar-refractivity contribution in [3.05, 3.63) is 18.2 Å². The van der Waals surface area contributed by atoms with Gasteiger partial charge in [-0.3, -0.25) is 4.99 Å². The Kier molecular flexibility index (Phi) is 9.23. The summed E-state index contributed by atoms with van der Waals surface area (Å²) in [4.78, 5) is 11.5. The van der Waals surface area contributed by atoms with Crippen LogP contribution >= 0.6 is 35.7 Å². The van der Waals surface area contributed by atoms with Crippen molar-refractivity contribution in [3.63, 3.8) is 0 Å². The summed E-state index contributed by atoms with van der Waals surface area (Å²) in [5.41, 5.74) is 0. The molecule has 0 radical (unpaired) electrons. The number of imidazole rings is 1. The molecule has 1 aliphatic rings. The number of thioether (sulfide) groups is 1. The Bertz CT molecular complexity index is 463. The number of aliphatic imine (C=N–C) groups is 1. The maximum Gasteiger partial charge on any atom is 0.194 e. The molecule has 0 spiro atoms. The van der Waals surface area contributed by atoms with Crippen LogP contribution in [0.1, 0.15) is 26.1 Å². The third-order valence-corrected chi connectivity index (χ3v) is 5.13. The Balaban J connectivity index is 0.00000242. The van der Waals surface area contributed by atoms with E-state index < -0.39 is 0 Å². The topological polar surface area (TPSA) is 45.5 Å². The fraction of sp³-hybridized carbons (Fsp3) is 0.733. The number of nitrogens with zero attached hydrogens (tertiary/aromatic N) is 4. The van der Waals surface area contributed by atoms with E-state index in [0.29, 0.717) is 0 Å². The van der Waals surface area contributed by atoms with Gasteiger partial charge in [0.2, 0.25) is 0 Å². The maximum atomic E-state index is 4.80. The first kappa shape index (κ1) is 19.6. The van der Waals surface area contributed by atoms with Crippen molar-refractivity contribution in [1.29, 1.82) is 0 Å². The largest absolute Gasteiger partial charge is 0.357 e. The molecule has 1 aromatic rings. The fourth-order valence-electron chi connectivity index (χ4n) is 2.49. The number of nitrogens with one attached hydrogen (secondary N) is 1. The Hall–Kier alpha value is -0.440. The van der Waals surface area contributed by atoms with E-state index in [1.807, 2.05) is 19.3 Å². The first-order chi connectivity index (χ1) is 10.2. The monoisotopic (exact) mass is 437 g/mol. The molecule has 1 saturated heterocycles. The van der Waals surface area contributed by atoms with Crippen LogP contribution in [0.15, 0.2) is 17.4 Å².